The van der Waals surface area contributed by atoms with Crippen molar-refractivity contribution in [3.63, 3.8) is 0 Å². The number of hydrogen-bond donors (Lipinski definition) is 0. The summed E-state index contributed by atoms with van der Waals surface area (Å²) >= 11 is 0. The van der Waals surface area contributed by atoms with Crippen molar-refractivity contribution in [2.45, 2.75) is 6.18 Å². The van der Waals surface area contributed by atoms with Crippen molar-refractivity contribution in [3.05, 3.63) is 59.4 Å². The summed E-state index contributed by atoms with van der Waals surface area (Å²) in [5, 5.41) is 0. The van der Waals surface area contributed by atoms with Crippen molar-refractivity contribution in [2.24, 2.45) is 0 Å². The monoisotopic (exact) mass is 281 g/mol. The summed E-state index contributed by atoms with van der Waals surface area (Å²) < 4.78 is 43.7. The fourth-order valence-electron chi connectivity index (χ4n) is 1.72. The molecule has 20 heavy (non-hydrogen) atoms. The average Bonchev–Trinajstić information content (AvgIpc) is 2.45. The summed E-state index contributed by atoms with van der Waals surface area (Å²) in [7, 11) is 1.32. The molecule has 0 atom stereocenters. The highest BCUT2D eigenvalue weighted by Crippen LogP contribution is 2.34. The van der Waals surface area contributed by atoms with E-state index in [1.54, 1.807) is 6.07 Å². The first-order valence-electron chi connectivity index (χ1n) is 5.64. The van der Waals surface area contributed by atoms with Crippen LogP contribution in [0.5, 0.6) is 5.75 Å². The van der Waals surface area contributed by atoms with Crippen molar-refractivity contribution in [1.29, 1.82) is 0 Å². The van der Waals surface area contributed by atoms with Crippen LogP contribution < -0.4 is 4.74 Å². The number of carbonyl (C=O) groups excluding carboxylic acids is 1. The summed E-state index contributed by atoms with van der Waals surface area (Å²) in [6.45, 7) is 0. The van der Waals surface area contributed by atoms with Gasteiger partial charge in [-0.2, -0.15) is 13.2 Å². The Morgan fingerprint density at radius 1 is 1.20 bits per heavy atom. The van der Waals surface area contributed by atoms with Gasteiger partial charge in [0.05, 0.1) is 12.7 Å². The Hall–Kier alpha value is -2.37. The molecule has 0 fully saturated rings. The Balaban J connectivity index is 2.56. The fourth-order valence-corrected chi connectivity index (χ4v) is 1.72. The Morgan fingerprint density at radius 2 is 1.95 bits per heavy atom. The molecule has 0 aliphatic heterocycles. The first kappa shape index (κ1) is 14.0. The second kappa shape index (κ2) is 5.32. The second-order valence-electron chi connectivity index (χ2n) is 3.95. The summed E-state index contributed by atoms with van der Waals surface area (Å²) in [5.74, 6) is -0.617. The SMILES string of the molecule is COc1ccc(C(F)(F)F)c(C(=O)c2ccccn2)c1. The summed E-state index contributed by atoms with van der Waals surface area (Å²) in [4.78, 5) is 15.9. The van der Waals surface area contributed by atoms with Gasteiger partial charge >= 0.3 is 6.18 Å². The molecular formula is C14H10F3NO2. The number of ether oxygens (including phenoxy) is 1. The number of hydrogen-bond acceptors (Lipinski definition) is 3. The summed E-state index contributed by atoms with van der Waals surface area (Å²) in [6, 6.07) is 7.54. The minimum atomic E-state index is -4.62. The number of methoxy groups -OCH3 is 1. The van der Waals surface area contributed by atoms with E-state index in [0.717, 1.165) is 18.2 Å². The molecule has 0 amide bonds. The number of rotatable bonds is 3. The lowest BCUT2D eigenvalue weighted by Crippen LogP contribution is -2.14. The van der Waals surface area contributed by atoms with E-state index in [-0.39, 0.29) is 11.4 Å². The van der Waals surface area contributed by atoms with Crippen LogP contribution in [0.3, 0.4) is 0 Å². The molecule has 1 aromatic carbocycles. The maximum atomic E-state index is 12.9. The quantitative estimate of drug-likeness (QED) is 0.810. The minimum absolute atomic E-state index is 0.0498. The maximum Gasteiger partial charge on any atom is 0.417 e. The molecule has 0 bridgehead atoms. The molecule has 2 aromatic rings. The molecule has 0 radical (unpaired) electrons. The number of alkyl halides is 3. The van der Waals surface area contributed by atoms with Crippen molar-refractivity contribution in [3.8, 4) is 5.75 Å². The molecular weight excluding hydrogens is 271 g/mol. The van der Waals surface area contributed by atoms with E-state index in [4.69, 9.17) is 4.74 Å². The molecule has 1 aromatic heterocycles. The number of carbonyl (C=O) groups is 1. The standard InChI is InChI=1S/C14H10F3NO2/c1-20-9-5-6-11(14(15,16)17)10(8-9)13(19)12-4-2-3-7-18-12/h2-8H,1H3. The lowest BCUT2D eigenvalue weighted by atomic mass is 10.0. The molecule has 104 valence electrons. The van der Waals surface area contributed by atoms with E-state index in [9.17, 15) is 18.0 Å². The smallest absolute Gasteiger partial charge is 0.417 e. The predicted octanol–water partition coefficient (Wildman–Crippen LogP) is 3.34. The third-order valence-electron chi connectivity index (χ3n) is 2.67. The Bertz CT molecular complexity index is 624. The zero-order valence-electron chi connectivity index (χ0n) is 10.4. The van der Waals surface area contributed by atoms with Gasteiger partial charge < -0.3 is 4.74 Å². The summed E-state index contributed by atoms with van der Waals surface area (Å²) in [6.07, 6.45) is -3.27. The number of aromatic nitrogens is 1. The van der Waals surface area contributed by atoms with Crippen molar-refractivity contribution in [2.75, 3.05) is 7.11 Å². The third-order valence-corrected chi connectivity index (χ3v) is 2.67. The predicted molar refractivity (Wildman–Crippen MR) is 65.7 cm³/mol. The molecule has 0 unspecified atom stereocenters. The highest BCUT2D eigenvalue weighted by atomic mass is 19.4. The highest BCUT2D eigenvalue weighted by Gasteiger charge is 2.35. The molecule has 0 spiro atoms. The topological polar surface area (TPSA) is 39.2 Å². The van der Waals surface area contributed by atoms with E-state index in [0.29, 0.717) is 0 Å². The third kappa shape index (κ3) is 2.79. The van der Waals surface area contributed by atoms with Gasteiger partial charge in [-0.15, -0.1) is 0 Å². The van der Waals surface area contributed by atoms with E-state index in [1.165, 1.54) is 25.4 Å². The van der Waals surface area contributed by atoms with Crippen LogP contribution in [0.25, 0.3) is 0 Å². The van der Waals surface area contributed by atoms with E-state index in [2.05, 4.69) is 4.98 Å². The van der Waals surface area contributed by atoms with Crippen LogP contribution in [-0.4, -0.2) is 17.9 Å². The molecule has 0 aliphatic rings. The molecule has 1 heterocycles. The van der Waals surface area contributed by atoms with E-state index < -0.39 is 23.1 Å². The Labute approximate surface area is 113 Å². The largest absolute Gasteiger partial charge is 0.497 e. The maximum absolute atomic E-state index is 12.9. The fraction of sp³-hybridized carbons (Fsp3) is 0.143. The van der Waals surface area contributed by atoms with Crippen molar-refractivity contribution >= 4 is 5.78 Å². The lowest BCUT2D eigenvalue weighted by Gasteiger charge is -2.13. The van der Waals surface area contributed by atoms with Gasteiger partial charge in [0.2, 0.25) is 5.78 Å². The summed E-state index contributed by atoms with van der Waals surface area (Å²) in [5.41, 5.74) is -1.53. The number of ketones is 1. The van der Waals surface area contributed by atoms with Crippen molar-refractivity contribution in [1.82, 2.24) is 4.98 Å². The van der Waals surface area contributed by atoms with Crippen molar-refractivity contribution < 1.29 is 22.7 Å². The minimum Gasteiger partial charge on any atom is -0.497 e. The van der Waals surface area contributed by atoms with Gasteiger partial charge in [0, 0.05) is 11.8 Å². The Morgan fingerprint density at radius 3 is 2.50 bits per heavy atom. The van der Waals surface area contributed by atoms with E-state index in [1.807, 2.05) is 0 Å². The van der Waals surface area contributed by atoms with Gasteiger partial charge in [-0.05, 0) is 30.3 Å². The molecule has 0 saturated carbocycles. The molecule has 0 aliphatic carbocycles. The molecule has 0 saturated heterocycles. The van der Waals surface area contributed by atoms with Crippen LogP contribution in [0.2, 0.25) is 0 Å². The van der Waals surface area contributed by atoms with Crippen LogP contribution in [0.4, 0.5) is 13.2 Å². The van der Waals surface area contributed by atoms with Crippen LogP contribution in [0.1, 0.15) is 21.6 Å². The first-order valence-corrected chi connectivity index (χ1v) is 5.64. The highest BCUT2D eigenvalue weighted by molar-refractivity contribution is 6.09. The van der Waals surface area contributed by atoms with E-state index >= 15 is 0 Å². The molecule has 0 N–H and O–H groups in total. The molecule has 3 nitrogen and oxygen atoms in total. The van der Waals surface area contributed by atoms with Crippen LogP contribution in [0, 0.1) is 0 Å². The average molecular weight is 281 g/mol. The number of halogens is 3. The van der Waals surface area contributed by atoms with Gasteiger partial charge in [-0.25, -0.2) is 0 Å². The number of benzene rings is 1. The van der Waals surface area contributed by atoms with Gasteiger partial charge in [0.15, 0.2) is 0 Å². The van der Waals surface area contributed by atoms with Gasteiger partial charge in [-0.3, -0.25) is 9.78 Å². The van der Waals surface area contributed by atoms with Gasteiger partial charge in [-0.1, -0.05) is 6.07 Å². The molecule has 6 heteroatoms. The normalized spacial score (nSPS) is 11.2. The second-order valence-corrected chi connectivity index (χ2v) is 3.95. The van der Waals surface area contributed by atoms with Gasteiger partial charge in [0.25, 0.3) is 0 Å². The number of nitrogens with zero attached hydrogens (tertiary/aromatic N) is 1. The zero-order chi connectivity index (χ0) is 14.8. The first-order chi connectivity index (χ1) is 9.43. The lowest BCUT2D eigenvalue weighted by molar-refractivity contribution is -0.137. The van der Waals surface area contributed by atoms with Crippen LogP contribution >= 0.6 is 0 Å². The van der Waals surface area contributed by atoms with Gasteiger partial charge in [0.1, 0.15) is 11.4 Å². The van der Waals surface area contributed by atoms with Crippen LogP contribution in [-0.2, 0) is 6.18 Å². The zero-order valence-corrected chi connectivity index (χ0v) is 10.4. The number of pyridine rings is 1. The molecule has 2 rings (SSSR count). The Kier molecular flexibility index (Phi) is 3.74. The van der Waals surface area contributed by atoms with Crippen LogP contribution in [0.15, 0.2) is 42.6 Å².